The van der Waals surface area contributed by atoms with Crippen molar-refractivity contribution in [2.75, 3.05) is 32.7 Å². The largest absolute Gasteiger partial charge is 0.480 e. The predicted octanol–water partition coefficient (Wildman–Crippen LogP) is 5.66. The van der Waals surface area contributed by atoms with Gasteiger partial charge in [-0.05, 0) is 67.8 Å². The van der Waals surface area contributed by atoms with E-state index in [-0.39, 0.29) is 23.4 Å². The quantitative estimate of drug-likeness (QED) is 0.322. The number of carbonyl (C=O) groups excluding carboxylic acids is 1. The van der Waals surface area contributed by atoms with Crippen LogP contribution >= 0.6 is 11.3 Å². The first-order valence-electron chi connectivity index (χ1n) is 14.4. The molecule has 3 aromatic rings. The second-order valence-electron chi connectivity index (χ2n) is 11.7. The van der Waals surface area contributed by atoms with E-state index in [2.05, 4.69) is 14.8 Å². The molecule has 3 atom stereocenters. The van der Waals surface area contributed by atoms with Gasteiger partial charge in [-0.2, -0.15) is 0 Å². The summed E-state index contributed by atoms with van der Waals surface area (Å²) in [4.78, 5) is 35.3. The number of halogens is 1. The Hall–Kier alpha value is -2.94. The molecule has 3 aliphatic rings. The number of benzene rings is 2. The van der Waals surface area contributed by atoms with Gasteiger partial charge in [0.1, 0.15) is 11.9 Å². The summed E-state index contributed by atoms with van der Waals surface area (Å²) in [5.74, 6) is 0.284. The molecule has 0 bridgehead atoms. The molecule has 1 aliphatic carbocycles. The van der Waals surface area contributed by atoms with Crippen LogP contribution in [0.4, 0.5) is 4.39 Å². The van der Waals surface area contributed by atoms with Gasteiger partial charge in [0.2, 0.25) is 5.78 Å². The summed E-state index contributed by atoms with van der Waals surface area (Å²) in [5.41, 5.74) is 1.64. The predicted molar refractivity (Wildman–Crippen MR) is 153 cm³/mol. The molecule has 0 radical (unpaired) electrons. The Morgan fingerprint density at radius 3 is 2.50 bits per heavy atom. The molecule has 8 heteroatoms. The van der Waals surface area contributed by atoms with Gasteiger partial charge >= 0.3 is 5.97 Å². The maximum absolute atomic E-state index is 14.2. The zero-order valence-electron chi connectivity index (χ0n) is 22.6. The first-order valence-corrected chi connectivity index (χ1v) is 15.3. The van der Waals surface area contributed by atoms with Crippen LogP contribution in [-0.2, 0) is 4.79 Å². The molecule has 0 spiro atoms. The highest BCUT2D eigenvalue weighted by atomic mass is 32.1. The van der Waals surface area contributed by atoms with Crippen molar-refractivity contribution < 1.29 is 19.1 Å². The van der Waals surface area contributed by atoms with Crippen LogP contribution in [0, 0.1) is 17.7 Å². The van der Waals surface area contributed by atoms with Gasteiger partial charge in [-0.25, -0.2) is 9.37 Å². The van der Waals surface area contributed by atoms with E-state index in [4.69, 9.17) is 0 Å². The van der Waals surface area contributed by atoms with E-state index in [1.807, 2.05) is 42.6 Å². The molecule has 2 aromatic carbocycles. The molecule has 3 fully saturated rings. The van der Waals surface area contributed by atoms with E-state index < -0.39 is 12.0 Å². The number of carbonyl (C=O) groups is 2. The lowest BCUT2D eigenvalue weighted by Gasteiger charge is -2.34. The monoisotopic (exact) mass is 561 g/mol. The van der Waals surface area contributed by atoms with Gasteiger partial charge in [-0.3, -0.25) is 14.5 Å². The minimum Gasteiger partial charge on any atom is -0.480 e. The van der Waals surface area contributed by atoms with E-state index in [0.29, 0.717) is 35.4 Å². The van der Waals surface area contributed by atoms with E-state index in [1.54, 1.807) is 12.1 Å². The van der Waals surface area contributed by atoms with Crippen LogP contribution in [0.25, 0.3) is 0 Å². The summed E-state index contributed by atoms with van der Waals surface area (Å²) >= 11 is 1.51. The summed E-state index contributed by atoms with van der Waals surface area (Å²) in [6.45, 7) is 4.15. The van der Waals surface area contributed by atoms with Crippen molar-refractivity contribution in [1.29, 1.82) is 0 Å². The average Bonchev–Trinajstić information content (AvgIpc) is 3.49. The maximum atomic E-state index is 14.2. The number of aromatic nitrogens is 1. The van der Waals surface area contributed by atoms with Crippen LogP contribution in [0.15, 0.2) is 60.8 Å². The number of thiazole rings is 1. The summed E-state index contributed by atoms with van der Waals surface area (Å²) in [7, 11) is 0. The number of rotatable bonds is 10. The molecule has 3 heterocycles. The highest BCUT2D eigenvalue weighted by Crippen LogP contribution is 2.40. The fourth-order valence-corrected chi connectivity index (χ4v) is 7.61. The second-order valence-corrected chi connectivity index (χ2v) is 12.8. The van der Waals surface area contributed by atoms with Crippen molar-refractivity contribution in [2.45, 2.75) is 50.0 Å². The van der Waals surface area contributed by atoms with Gasteiger partial charge in [0, 0.05) is 42.2 Å². The Morgan fingerprint density at radius 2 is 1.80 bits per heavy atom. The topological polar surface area (TPSA) is 73.7 Å². The van der Waals surface area contributed by atoms with Crippen molar-refractivity contribution in [3.63, 3.8) is 0 Å². The minimum atomic E-state index is -0.735. The zero-order valence-corrected chi connectivity index (χ0v) is 23.4. The standard InChI is InChI=1S/C32H36FN3O3S/c33-26-8-4-7-24(16-26)27-20-36(28(32(38)39)15-21-9-10-21)19-25(27)18-35-13-11-22(12-14-35)29-17-34-31(40-29)30(37)23-5-2-1-3-6-23/h1-8,16-17,21-22,25,27-28H,9-15,18-20H2,(H,38,39)/t25-,27+,28+/m0/s1. The number of hydrogen-bond donors (Lipinski definition) is 1. The molecule has 6 nitrogen and oxygen atoms in total. The van der Waals surface area contributed by atoms with Gasteiger partial charge in [-0.1, -0.05) is 55.3 Å². The molecule has 0 amide bonds. The van der Waals surface area contributed by atoms with Crippen LogP contribution in [0.3, 0.4) is 0 Å². The molecule has 1 N–H and O–H groups in total. The highest BCUT2D eigenvalue weighted by Gasteiger charge is 2.42. The Kier molecular flexibility index (Phi) is 8.10. The number of ketones is 1. The summed E-state index contributed by atoms with van der Waals surface area (Å²) in [6, 6.07) is 15.7. The van der Waals surface area contributed by atoms with Gasteiger partial charge in [-0.15, -0.1) is 11.3 Å². The molecular formula is C32H36FN3O3S. The Morgan fingerprint density at radius 1 is 1.02 bits per heavy atom. The van der Waals surface area contributed by atoms with Gasteiger partial charge in [0.15, 0.2) is 5.01 Å². The average molecular weight is 562 g/mol. The van der Waals surface area contributed by atoms with Crippen LogP contribution in [0.5, 0.6) is 0 Å². The third-order valence-corrected chi connectivity index (χ3v) is 10.1. The van der Waals surface area contributed by atoms with Crippen LogP contribution < -0.4 is 0 Å². The molecule has 6 rings (SSSR count). The lowest BCUT2D eigenvalue weighted by atomic mass is 9.87. The molecule has 1 saturated carbocycles. The molecule has 2 aliphatic heterocycles. The first-order chi connectivity index (χ1) is 19.4. The van der Waals surface area contributed by atoms with Gasteiger partial charge in [0.05, 0.1) is 0 Å². The molecule has 0 unspecified atom stereocenters. The van der Waals surface area contributed by atoms with Crippen molar-refractivity contribution >= 4 is 23.1 Å². The summed E-state index contributed by atoms with van der Waals surface area (Å²) in [6.07, 6.45) is 6.86. The van der Waals surface area contributed by atoms with Crippen LogP contribution in [-0.4, -0.2) is 70.4 Å². The fourth-order valence-electron chi connectivity index (χ4n) is 6.56. The van der Waals surface area contributed by atoms with Crippen molar-refractivity contribution in [1.82, 2.24) is 14.8 Å². The minimum absolute atomic E-state index is 0.0233. The summed E-state index contributed by atoms with van der Waals surface area (Å²) < 4.78 is 14.2. The van der Waals surface area contributed by atoms with Gasteiger partial charge < -0.3 is 10.0 Å². The molecule has 210 valence electrons. The number of carboxylic acid groups (broad SMARTS) is 1. The summed E-state index contributed by atoms with van der Waals surface area (Å²) in [5, 5.41) is 10.6. The third kappa shape index (κ3) is 6.19. The lowest BCUT2D eigenvalue weighted by Crippen LogP contribution is -2.41. The Balaban J connectivity index is 1.10. The molecule has 1 aromatic heterocycles. The molecular weight excluding hydrogens is 525 g/mol. The molecule has 40 heavy (non-hydrogen) atoms. The number of hydrogen-bond acceptors (Lipinski definition) is 6. The maximum Gasteiger partial charge on any atom is 0.320 e. The number of nitrogens with zero attached hydrogens (tertiary/aromatic N) is 3. The van der Waals surface area contributed by atoms with Crippen LogP contribution in [0.1, 0.15) is 69.7 Å². The normalized spacial score (nSPS) is 23.3. The number of carboxylic acids is 1. The Labute approximate surface area is 238 Å². The SMILES string of the molecule is O=C(c1ccccc1)c1ncc(C2CCN(C[C@H]3CN([C@H](CC4CC4)C(=O)O)C[C@@H]3c3cccc(F)c3)CC2)s1. The van der Waals surface area contributed by atoms with E-state index >= 15 is 0 Å². The van der Waals surface area contributed by atoms with Crippen molar-refractivity contribution in [3.8, 4) is 0 Å². The zero-order chi connectivity index (χ0) is 27.6. The van der Waals surface area contributed by atoms with Crippen molar-refractivity contribution in [2.24, 2.45) is 11.8 Å². The fraction of sp³-hybridized carbons (Fsp3) is 0.469. The second kappa shape index (κ2) is 11.9. The van der Waals surface area contributed by atoms with E-state index in [9.17, 15) is 19.1 Å². The lowest BCUT2D eigenvalue weighted by molar-refractivity contribution is -0.143. The smallest absolute Gasteiger partial charge is 0.320 e. The third-order valence-electron chi connectivity index (χ3n) is 8.96. The van der Waals surface area contributed by atoms with Gasteiger partial charge in [0.25, 0.3) is 0 Å². The molecule has 2 saturated heterocycles. The Bertz CT molecular complexity index is 1340. The van der Waals surface area contributed by atoms with E-state index in [1.165, 1.54) is 22.3 Å². The van der Waals surface area contributed by atoms with Crippen molar-refractivity contribution in [3.05, 3.63) is 87.6 Å². The highest BCUT2D eigenvalue weighted by molar-refractivity contribution is 7.13. The van der Waals surface area contributed by atoms with Crippen LogP contribution in [0.2, 0.25) is 0 Å². The van der Waals surface area contributed by atoms with E-state index in [0.717, 1.165) is 57.4 Å². The number of aliphatic carboxylic acids is 1. The number of piperidine rings is 1. The first kappa shape index (κ1) is 27.2. The number of likely N-dealkylation sites (tertiary alicyclic amines) is 2.